The van der Waals surface area contributed by atoms with Gasteiger partial charge in [0.15, 0.2) is 0 Å². The van der Waals surface area contributed by atoms with Gasteiger partial charge in [0.1, 0.15) is 5.82 Å². The highest BCUT2D eigenvalue weighted by Crippen LogP contribution is 2.39. The minimum absolute atomic E-state index is 0.252. The summed E-state index contributed by atoms with van der Waals surface area (Å²) < 4.78 is 9.23. The van der Waals surface area contributed by atoms with Crippen LogP contribution in [0.15, 0.2) is 103 Å². The van der Waals surface area contributed by atoms with Crippen LogP contribution in [-0.2, 0) is 17.7 Å². The maximum Gasteiger partial charge on any atom is 0.338 e. The van der Waals surface area contributed by atoms with Gasteiger partial charge in [-0.2, -0.15) is 5.10 Å². The molecule has 0 saturated heterocycles. The third-order valence-corrected chi connectivity index (χ3v) is 7.33. The van der Waals surface area contributed by atoms with Crippen LogP contribution in [0.4, 0.5) is 10.5 Å². The lowest BCUT2D eigenvalue weighted by atomic mass is 10.0. The molecule has 41 heavy (non-hydrogen) atoms. The molecule has 0 unspecified atom stereocenters. The molecule has 6 rings (SSSR count). The van der Waals surface area contributed by atoms with Crippen LogP contribution in [0.1, 0.15) is 52.8 Å². The van der Waals surface area contributed by atoms with Gasteiger partial charge in [-0.05, 0) is 67.4 Å². The van der Waals surface area contributed by atoms with E-state index in [4.69, 9.17) is 9.84 Å². The molecule has 0 spiro atoms. The minimum Gasteiger partial charge on any atom is -0.462 e. The second-order valence-electron chi connectivity index (χ2n) is 9.82. The van der Waals surface area contributed by atoms with Crippen molar-refractivity contribution in [2.75, 3.05) is 11.9 Å². The highest BCUT2D eigenvalue weighted by atomic mass is 16.5. The number of anilines is 1. The lowest BCUT2D eigenvalue weighted by Gasteiger charge is -2.31. The third-order valence-electron chi connectivity index (χ3n) is 7.33. The Balaban J connectivity index is 1.45. The number of urea groups is 1. The van der Waals surface area contributed by atoms with Crippen molar-refractivity contribution in [3.63, 3.8) is 0 Å². The van der Waals surface area contributed by atoms with Gasteiger partial charge in [0.25, 0.3) is 0 Å². The van der Waals surface area contributed by atoms with Gasteiger partial charge in [-0.15, -0.1) is 0 Å². The van der Waals surface area contributed by atoms with E-state index in [-0.39, 0.29) is 12.1 Å². The van der Waals surface area contributed by atoms with E-state index in [0.717, 1.165) is 40.4 Å². The van der Waals surface area contributed by atoms with Gasteiger partial charge in [-0.3, -0.25) is 0 Å². The van der Waals surface area contributed by atoms with Crippen LogP contribution in [0.3, 0.4) is 0 Å². The third kappa shape index (κ3) is 4.89. The Morgan fingerprint density at radius 2 is 1.61 bits per heavy atom. The summed E-state index contributed by atoms with van der Waals surface area (Å²) in [6.07, 6.45) is 2.76. The fourth-order valence-corrected chi connectivity index (χ4v) is 5.43. The molecule has 8 heteroatoms. The largest absolute Gasteiger partial charge is 0.462 e. The van der Waals surface area contributed by atoms with Crippen LogP contribution in [0, 0.1) is 0 Å². The average molecular weight is 546 g/mol. The molecule has 0 saturated carbocycles. The minimum atomic E-state index is -0.391. The topological polar surface area (TPSA) is 81.4 Å². The van der Waals surface area contributed by atoms with E-state index in [1.54, 1.807) is 31.2 Å². The summed E-state index contributed by atoms with van der Waals surface area (Å²) in [6, 6.07) is 30.4. The van der Waals surface area contributed by atoms with E-state index in [1.807, 2.05) is 70.4 Å². The zero-order chi connectivity index (χ0) is 28.3. The monoisotopic (exact) mass is 545 g/mol. The normalized spacial score (nSPS) is 14.1. The van der Waals surface area contributed by atoms with Crippen molar-refractivity contribution in [2.45, 2.75) is 32.9 Å². The summed E-state index contributed by atoms with van der Waals surface area (Å²) >= 11 is 0. The SMILES string of the molecule is CCOC(=O)c1ccc(NC(=O)N2Cc3c(CC)nn(-c4ccccc4)c3-n3cccc3[C@@H]2c2ccccc2)cc1. The Bertz CT molecular complexity index is 1670. The van der Waals surface area contributed by atoms with E-state index in [9.17, 15) is 9.59 Å². The maximum absolute atomic E-state index is 14.1. The maximum atomic E-state index is 14.1. The number of esters is 1. The molecule has 1 aliphatic rings. The molecular formula is C33H31N5O3. The van der Waals surface area contributed by atoms with Crippen LogP contribution in [0.5, 0.6) is 0 Å². The number of benzene rings is 3. The van der Waals surface area contributed by atoms with E-state index in [0.29, 0.717) is 24.4 Å². The average Bonchev–Trinajstić information content (AvgIpc) is 3.59. The van der Waals surface area contributed by atoms with E-state index < -0.39 is 5.97 Å². The summed E-state index contributed by atoms with van der Waals surface area (Å²) in [6.45, 7) is 4.52. The standard InChI is InChI=1S/C33H31N5O3/c1-3-28-27-22-37(33(40)34-25-19-17-24(18-20-25)32(39)41-4-2)30(23-12-7-5-8-13-23)29-16-11-21-36(29)31(27)38(35-28)26-14-9-6-10-15-26/h5-21,30H,3-4,22H2,1-2H3,(H,34,40)/t30-/m0/s1. The summed E-state index contributed by atoms with van der Waals surface area (Å²) in [5, 5.41) is 8.08. The van der Waals surface area contributed by atoms with Gasteiger partial charge in [-0.1, -0.05) is 55.5 Å². The molecule has 0 fully saturated rings. The second-order valence-corrected chi connectivity index (χ2v) is 9.82. The Morgan fingerprint density at radius 1 is 0.902 bits per heavy atom. The lowest BCUT2D eigenvalue weighted by Crippen LogP contribution is -2.38. The highest BCUT2D eigenvalue weighted by Gasteiger charge is 2.36. The zero-order valence-electron chi connectivity index (χ0n) is 23.0. The number of rotatable bonds is 6. The first kappa shape index (κ1) is 26.1. The Labute approximate surface area is 238 Å². The summed E-state index contributed by atoms with van der Waals surface area (Å²) in [5.74, 6) is 0.543. The molecule has 1 aliphatic heterocycles. The fourth-order valence-electron chi connectivity index (χ4n) is 5.43. The van der Waals surface area contributed by atoms with Crippen molar-refractivity contribution in [1.29, 1.82) is 0 Å². The number of nitrogens with one attached hydrogen (secondary N) is 1. The fraction of sp³-hybridized carbons (Fsp3) is 0.182. The molecule has 0 radical (unpaired) electrons. The van der Waals surface area contributed by atoms with E-state index in [1.165, 1.54) is 0 Å². The molecule has 8 nitrogen and oxygen atoms in total. The van der Waals surface area contributed by atoms with Crippen LogP contribution < -0.4 is 5.32 Å². The Morgan fingerprint density at radius 3 is 2.29 bits per heavy atom. The molecule has 0 bridgehead atoms. The van der Waals surface area contributed by atoms with Crippen molar-refractivity contribution in [2.24, 2.45) is 0 Å². The smallest absolute Gasteiger partial charge is 0.338 e. The van der Waals surface area contributed by atoms with Crippen LogP contribution in [0.25, 0.3) is 11.5 Å². The predicted molar refractivity (Wildman–Crippen MR) is 158 cm³/mol. The van der Waals surface area contributed by atoms with E-state index >= 15 is 0 Å². The van der Waals surface area contributed by atoms with E-state index in [2.05, 4.69) is 35.0 Å². The van der Waals surface area contributed by atoms with Gasteiger partial charge >= 0.3 is 12.0 Å². The Hall–Kier alpha value is -5.11. The highest BCUT2D eigenvalue weighted by molar-refractivity contribution is 5.92. The first-order valence-electron chi connectivity index (χ1n) is 13.8. The van der Waals surface area contributed by atoms with Crippen LogP contribution in [-0.4, -0.2) is 37.9 Å². The van der Waals surface area contributed by atoms with Crippen molar-refractivity contribution in [3.8, 4) is 11.5 Å². The molecule has 0 aliphatic carbocycles. The van der Waals surface area contributed by atoms with Gasteiger partial charge in [0.05, 0.1) is 41.8 Å². The van der Waals surface area contributed by atoms with Crippen LogP contribution >= 0.6 is 0 Å². The molecule has 1 N–H and O–H groups in total. The summed E-state index contributed by atoms with van der Waals surface area (Å²) in [4.78, 5) is 28.1. The summed E-state index contributed by atoms with van der Waals surface area (Å²) in [5.41, 5.74) is 5.88. The lowest BCUT2D eigenvalue weighted by molar-refractivity contribution is 0.0526. The molecule has 3 aromatic carbocycles. The van der Waals surface area contributed by atoms with Crippen molar-refractivity contribution in [1.82, 2.24) is 19.2 Å². The molecule has 2 aromatic heterocycles. The number of nitrogens with zero attached hydrogens (tertiary/aromatic N) is 4. The Kier molecular flexibility index (Phi) is 7.12. The number of aryl methyl sites for hydroxylation is 1. The first-order chi connectivity index (χ1) is 20.1. The number of carbonyl (C=O) groups is 2. The number of ether oxygens (including phenoxy) is 1. The first-order valence-corrected chi connectivity index (χ1v) is 13.8. The van der Waals surface area contributed by atoms with Crippen molar-refractivity contribution >= 4 is 17.7 Å². The van der Waals surface area contributed by atoms with Crippen molar-refractivity contribution < 1.29 is 14.3 Å². The number of carbonyl (C=O) groups excluding carboxylic acids is 2. The molecule has 206 valence electrons. The molecular weight excluding hydrogens is 514 g/mol. The second kappa shape index (κ2) is 11.2. The molecule has 3 heterocycles. The molecule has 2 amide bonds. The number of para-hydroxylation sites is 1. The van der Waals surface area contributed by atoms with Gasteiger partial charge in [-0.25, -0.2) is 14.3 Å². The summed E-state index contributed by atoms with van der Waals surface area (Å²) in [7, 11) is 0. The zero-order valence-corrected chi connectivity index (χ0v) is 23.0. The van der Waals surface area contributed by atoms with Gasteiger partial charge in [0, 0.05) is 17.4 Å². The van der Waals surface area contributed by atoms with Gasteiger partial charge in [0.2, 0.25) is 0 Å². The van der Waals surface area contributed by atoms with Crippen LogP contribution in [0.2, 0.25) is 0 Å². The number of hydrogen-bond acceptors (Lipinski definition) is 4. The quantitative estimate of drug-likeness (QED) is 0.246. The number of hydrogen-bond donors (Lipinski definition) is 1. The number of aromatic nitrogens is 3. The van der Waals surface area contributed by atoms with Crippen molar-refractivity contribution in [3.05, 3.63) is 131 Å². The number of amides is 2. The van der Waals surface area contributed by atoms with Gasteiger partial charge < -0.3 is 19.5 Å². The molecule has 1 atom stereocenters. The number of fused-ring (bicyclic) bond motifs is 3. The molecule has 5 aromatic rings. The predicted octanol–water partition coefficient (Wildman–Crippen LogP) is 6.54.